The number of aliphatic hydroxyl groups excluding tert-OH is 1. The van der Waals surface area contributed by atoms with Crippen molar-refractivity contribution in [3.05, 3.63) is 66.7 Å². The van der Waals surface area contributed by atoms with Gasteiger partial charge in [0.15, 0.2) is 11.4 Å². The highest BCUT2D eigenvalue weighted by Gasteiger charge is 2.54. The molecule has 0 saturated carbocycles. The van der Waals surface area contributed by atoms with Crippen molar-refractivity contribution in [2.24, 2.45) is 0 Å². The monoisotopic (exact) mass is 451 g/mol. The number of hydrogen-bond donors (Lipinski definition) is 2. The van der Waals surface area contributed by atoms with E-state index in [4.69, 9.17) is 4.74 Å². The zero-order chi connectivity index (χ0) is 23.2. The molecule has 4 atom stereocenters. The van der Waals surface area contributed by atoms with Crippen LogP contribution in [0.1, 0.15) is 25.1 Å². The first-order chi connectivity index (χ1) is 15.9. The number of likely N-dealkylation sites (tertiary alicyclic amines) is 1. The summed E-state index contributed by atoms with van der Waals surface area (Å²) in [7, 11) is 0. The Morgan fingerprint density at radius 3 is 2.82 bits per heavy atom. The molecule has 10 heteroatoms. The normalized spacial score (nSPS) is 25.8. The molecule has 0 bridgehead atoms. The van der Waals surface area contributed by atoms with Gasteiger partial charge in [0.05, 0.1) is 12.6 Å². The Morgan fingerprint density at radius 2 is 2.00 bits per heavy atom. The van der Waals surface area contributed by atoms with Gasteiger partial charge in [-0.25, -0.2) is 9.18 Å². The van der Waals surface area contributed by atoms with Crippen molar-refractivity contribution < 1.29 is 24.1 Å². The smallest absolute Gasteiger partial charge is 0.410 e. The van der Waals surface area contributed by atoms with Crippen LogP contribution in [0.5, 0.6) is 5.75 Å². The van der Waals surface area contributed by atoms with Gasteiger partial charge in [-0.2, -0.15) is 0 Å². The predicted molar refractivity (Wildman–Crippen MR) is 117 cm³/mol. The number of benzene rings is 1. The van der Waals surface area contributed by atoms with E-state index in [1.807, 2.05) is 12.1 Å². The van der Waals surface area contributed by atoms with Gasteiger partial charge < -0.3 is 14.9 Å². The summed E-state index contributed by atoms with van der Waals surface area (Å²) in [4.78, 5) is 17.6. The molecule has 1 saturated heterocycles. The largest absolute Gasteiger partial charge is 0.465 e. The Morgan fingerprint density at radius 1 is 1.18 bits per heavy atom. The highest BCUT2D eigenvalue weighted by atomic mass is 19.1. The fourth-order valence-electron chi connectivity index (χ4n) is 4.63. The second-order valence-corrected chi connectivity index (χ2v) is 8.25. The van der Waals surface area contributed by atoms with Gasteiger partial charge in [-0.05, 0) is 31.2 Å². The van der Waals surface area contributed by atoms with E-state index in [2.05, 4.69) is 15.2 Å². The summed E-state index contributed by atoms with van der Waals surface area (Å²) < 4.78 is 22.8. The molecule has 3 aromatic heterocycles. The van der Waals surface area contributed by atoms with Crippen LogP contribution in [0.3, 0.4) is 0 Å². The minimum absolute atomic E-state index is 0.272. The maximum atomic E-state index is 14.8. The van der Waals surface area contributed by atoms with E-state index in [9.17, 15) is 19.4 Å². The van der Waals surface area contributed by atoms with E-state index in [0.29, 0.717) is 16.9 Å². The summed E-state index contributed by atoms with van der Waals surface area (Å²) >= 11 is 0. The Hall–Kier alpha value is -3.79. The maximum Gasteiger partial charge on any atom is 0.410 e. The number of amides is 1. The third-order valence-corrected chi connectivity index (χ3v) is 6.14. The van der Waals surface area contributed by atoms with Crippen molar-refractivity contribution in [1.29, 1.82) is 0 Å². The predicted octanol–water partition coefficient (Wildman–Crippen LogP) is 3.24. The number of hydrogen-bond acceptors (Lipinski definition) is 6. The van der Waals surface area contributed by atoms with E-state index in [1.54, 1.807) is 53.2 Å². The first-order valence-electron chi connectivity index (χ1n) is 10.5. The lowest BCUT2D eigenvalue weighted by Crippen LogP contribution is -2.59. The van der Waals surface area contributed by atoms with Crippen LogP contribution >= 0.6 is 0 Å². The van der Waals surface area contributed by atoms with Gasteiger partial charge in [-0.3, -0.25) is 14.3 Å². The van der Waals surface area contributed by atoms with Crippen molar-refractivity contribution in [1.82, 2.24) is 24.5 Å². The number of aromatic nitrogens is 4. The number of rotatable bonds is 3. The number of carboxylic acid groups (broad SMARTS) is 1. The van der Waals surface area contributed by atoms with E-state index in [0.717, 1.165) is 10.3 Å². The Kier molecular flexibility index (Phi) is 5.09. The van der Waals surface area contributed by atoms with Crippen molar-refractivity contribution in [2.75, 3.05) is 6.54 Å². The van der Waals surface area contributed by atoms with E-state index < -0.39 is 36.6 Å². The number of para-hydroxylation sites is 1. The molecule has 33 heavy (non-hydrogen) atoms. The molecule has 0 spiro atoms. The van der Waals surface area contributed by atoms with Crippen LogP contribution in [-0.4, -0.2) is 65.3 Å². The van der Waals surface area contributed by atoms with Crippen molar-refractivity contribution >= 4 is 22.6 Å². The summed E-state index contributed by atoms with van der Waals surface area (Å²) in [5, 5.41) is 30.4. The molecule has 9 nitrogen and oxygen atoms in total. The van der Waals surface area contributed by atoms with E-state index in [-0.39, 0.29) is 12.2 Å². The maximum absolute atomic E-state index is 14.8. The molecule has 0 radical (unpaired) electrons. The molecule has 1 fully saturated rings. The lowest BCUT2D eigenvalue weighted by atomic mass is 9.88. The van der Waals surface area contributed by atoms with Gasteiger partial charge in [-0.1, -0.05) is 24.3 Å². The van der Waals surface area contributed by atoms with Crippen LogP contribution in [0.4, 0.5) is 9.18 Å². The second kappa shape index (κ2) is 7.96. The van der Waals surface area contributed by atoms with Crippen LogP contribution in [0, 0.1) is 0 Å². The molecule has 1 amide bonds. The molecule has 0 aliphatic carbocycles. The van der Waals surface area contributed by atoms with Crippen molar-refractivity contribution in [2.45, 2.75) is 37.3 Å². The number of pyridine rings is 2. The van der Waals surface area contributed by atoms with E-state index in [1.165, 1.54) is 6.92 Å². The quantitative estimate of drug-likeness (QED) is 0.492. The zero-order valence-electron chi connectivity index (χ0n) is 17.7. The standard InChI is InChI=1S/C23H22FN5O4/c1-23(33-17-8-4-6-14-7-5-10-25-20(14)17)19(16(30)12-15(24)13-29(23)22(31)32)21-27-26-18-9-2-3-11-28(18)21/h2-11,15-16,19,30H,12-13H2,1H3,(H,31,32). The van der Waals surface area contributed by atoms with Crippen LogP contribution in [-0.2, 0) is 0 Å². The fourth-order valence-corrected chi connectivity index (χ4v) is 4.63. The summed E-state index contributed by atoms with van der Waals surface area (Å²) in [6, 6.07) is 14.2. The molecule has 4 unspecified atom stereocenters. The minimum Gasteiger partial charge on any atom is -0.465 e. The van der Waals surface area contributed by atoms with Gasteiger partial charge in [-0.15, -0.1) is 10.2 Å². The van der Waals surface area contributed by atoms with Gasteiger partial charge >= 0.3 is 6.09 Å². The van der Waals surface area contributed by atoms with E-state index >= 15 is 0 Å². The van der Waals surface area contributed by atoms with Crippen LogP contribution in [0.25, 0.3) is 16.6 Å². The number of halogens is 1. The molecular formula is C23H22FN5O4. The topological polar surface area (TPSA) is 113 Å². The number of carbonyl (C=O) groups is 1. The second-order valence-electron chi connectivity index (χ2n) is 8.25. The Balaban J connectivity index is 1.72. The minimum atomic E-state index is -1.73. The zero-order valence-corrected chi connectivity index (χ0v) is 17.7. The highest BCUT2D eigenvalue weighted by molar-refractivity contribution is 5.84. The first-order valence-corrected chi connectivity index (χ1v) is 10.5. The SMILES string of the molecule is CC1(Oc2cccc3cccnc23)C(c2nnc3ccccn23)C(O)CC(F)CN1C(=O)O. The van der Waals surface area contributed by atoms with Crippen molar-refractivity contribution in [3.63, 3.8) is 0 Å². The average Bonchev–Trinajstić information content (AvgIpc) is 3.17. The van der Waals surface area contributed by atoms with Crippen LogP contribution in [0.2, 0.25) is 0 Å². The lowest BCUT2D eigenvalue weighted by molar-refractivity contribution is -0.0931. The summed E-state index contributed by atoms with van der Waals surface area (Å²) in [6.45, 7) is 1.06. The fraction of sp³-hybridized carbons (Fsp3) is 0.304. The van der Waals surface area contributed by atoms with Gasteiger partial charge in [0.2, 0.25) is 0 Å². The highest BCUT2D eigenvalue weighted by Crippen LogP contribution is 2.42. The van der Waals surface area contributed by atoms with Gasteiger partial charge in [0.25, 0.3) is 0 Å². The molecule has 1 aliphatic rings. The molecule has 5 rings (SSSR count). The molecule has 170 valence electrons. The van der Waals surface area contributed by atoms with Crippen LogP contribution < -0.4 is 4.74 Å². The molecule has 4 aromatic rings. The third-order valence-electron chi connectivity index (χ3n) is 6.14. The summed E-state index contributed by atoms with van der Waals surface area (Å²) in [5.41, 5.74) is -0.694. The number of ether oxygens (including phenoxy) is 1. The molecular weight excluding hydrogens is 429 g/mol. The Labute approximate surface area is 188 Å². The molecule has 1 aromatic carbocycles. The van der Waals surface area contributed by atoms with Gasteiger partial charge in [0.1, 0.15) is 29.2 Å². The van der Waals surface area contributed by atoms with Crippen LogP contribution in [0.15, 0.2) is 60.9 Å². The lowest BCUT2D eigenvalue weighted by Gasteiger charge is -2.43. The average molecular weight is 451 g/mol. The third kappa shape index (κ3) is 3.52. The number of aliphatic hydroxyl groups is 1. The number of fused-ring (bicyclic) bond motifs is 2. The first kappa shape index (κ1) is 21.1. The summed E-state index contributed by atoms with van der Waals surface area (Å²) in [6.07, 6.45) is -1.21. The Bertz CT molecular complexity index is 1330. The number of nitrogens with zero attached hydrogens (tertiary/aromatic N) is 5. The summed E-state index contributed by atoms with van der Waals surface area (Å²) in [5.74, 6) is -0.468. The molecule has 1 aliphatic heterocycles. The van der Waals surface area contributed by atoms with Gasteiger partial charge in [0, 0.05) is 24.2 Å². The molecule has 2 N–H and O–H groups in total. The molecule has 4 heterocycles. The number of alkyl halides is 1. The van der Waals surface area contributed by atoms with Crippen molar-refractivity contribution in [3.8, 4) is 5.75 Å².